The number of hydrogen-bond donors (Lipinski definition) is 2. The number of rotatable bonds is 3. The van der Waals surface area contributed by atoms with Gasteiger partial charge in [0.25, 0.3) is 0 Å². The minimum absolute atomic E-state index is 0.157. The van der Waals surface area contributed by atoms with E-state index in [-0.39, 0.29) is 28.1 Å². The van der Waals surface area contributed by atoms with Crippen LogP contribution in [0.2, 0.25) is 10.0 Å². The summed E-state index contributed by atoms with van der Waals surface area (Å²) in [6.45, 7) is -0.353. The summed E-state index contributed by atoms with van der Waals surface area (Å²) in [5, 5.41) is 20.3. The molecule has 0 saturated carbocycles. The number of pyridine rings is 1. The summed E-state index contributed by atoms with van der Waals surface area (Å²) in [6.07, 6.45) is 3.62. The molecule has 5 nitrogen and oxygen atoms in total. The van der Waals surface area contributed by atoms with Gasteiger partial charge in [-0.3, -0.25) is 9.59 Å². The van der Waals surface area contributed by atoms with E-state index in [4.69, 9.17) is 23.2 Å². The maximum absolute atomic E-state index is 13.0. The lowest BCUT2D eigenvalue weighted by Crippen LogP contribution is -2.16. The lowest BCUT2D eigenvalue weighted by Gasteiger charge is -2.19. The van der Waals surface area contributed by atoms with Crippen molar-refractivity contribution in [2.75, 3.05) is 0 Å². The van der Waals surface area contributed by atoms with E-state index in [9.17, 15) is 19.8 Å². The summed E-state index contributed by atoms with van der Waals surface area (Å²) in [5.74, 6) is -1.05. The normalized spacial score (nSPS) is 17.1. The molecule has 1 aliphatic carbocycles. The van der Waals surface area contributed by atoms with Crippen LogP contribution in [0.5, 0.6) is 0 Å². The maximum atomic E-state index is 13.0. The van der Waals surface area contributed by atoms with Gasteiger partial charge in [-0.15, -0.1) is 0 Å². The molecule has 0 bridgehead atoms. The number of aromatic nitrogens is 1. The minimum Gasteiger partial charge on any atom is -0.480 e. The number of aliphatic hydroxyl groups is 1. The highest BCUT2D eigenvalue weighted by Crippen LogP contribution is 2.33. The number of allylic oxidation sites excluding steroid dienone is 1. The zero-order valence-electron chi connectivity index (χ0n) is 14.8. The average molecular weight is 418 g/mol. The molecule has 0 spiro atoms. The van der Waals surface area contributed by atoms with Crippen molar-refractivity contribution >= 4 is 56.6 Å². The minimum atomic E-state index is -1.05. The molecule has 1 unspecified atom stereocenters. The van der Waals surface area contributed by atoms with Gasteiger partial charge in [-0.2, -0.15) is 0 Å². The standard InChI is InChI=1S/C21H17Cl2NO4/c22-16-8-7-15-20(19(16)23)24(10-18(26)27)17-9-12(3-6-14(17)21(15)28)11-1-4-13(25)5-2-11/h1,3,6-9,13,25H,2,4-5,10H2,(H,26,27). The Kier molecular flexibility index (Phi) is 4.91. The van der Waals surface area contributed by atoms with E-state index in [1.54, 1.807) is 12.1 Å². The number of carboxylic acid groups (broad SMARTS) is 1. The van der Waals surface area contributed by atoms with Gasteiger partial charge in [-0.05, 0) is 54.7 Å². The predicted molar refractivity (Wildman–Crippen MR) is 111 cm³/mol. The second-order valence-corrected chi connectivity index (χ2v) is 7.74. The molecule has 144 valence electrons. The van der Waals surface area contributed by atoms with E-state index in [0.717, 1.165) is 17.6 Å². The summed E-state index contributed by atoms with van der Waals surface area (Å²) in [7, 11) is 0. The molecule has 2 aromatic carbocycles. The molecule has 28 heavy (non-hydrogen) atoms. The Labute approximate surface area is 170 Å². The number of hydrogen-bond acceptors (Lipinski definition) is 3. The summed E-state index contributed by atoms with van der Waals surface area (Å²) >= 11 is 12.5. The van der Waals surface area contributed by atoms with Gasteiger partial charge in [-0.25, -0.2) is 0 Å². The zero-order valence-corrected chi connectivity index (χ0v) is 16.3. The fraction of sp³-hybridized carbons (Fsp3) is 0.238. The number of aliphatic hydroxyl groups excluding tert-OH is 1. The molecule has 3 aromatic rings. The van der Waals surface area contributed by atoms with E-state index in [1.165, 1.54) is 10.6 Å². The molecule has 4 rings (SSSR count). The maximum Gasteiger partial charge on any atom is 0.323 e. The van der Waals surface area contributed by atoms with Gasteiger partial charge in [0.05, 0.1) is 27.2 Å². The van der Waals surface area contributed by atoms with Crippen molar-refractivity contribution in [3.05, 3.63) is 62.2 Å². The first kappa shape index (κ1) is 19.0. The predicted octanol–water partition coefficient (Wildman–Crippen LogP) is 4.47. The quantitative estimate of drug-likeness (QED) is 0.615. The fourth-order valence-electron chi connectivity index (χ4n) is 3.78. The second-order valence-electron chi connectivity index (χ2n) is 6.96. The Morgan fingerprint density at radius 1 is 1.18 bits per heavy atom. The van der Waals surface area contributed by atoms with Crippen LogP contribution in [-0.2, 0) is 11.3 Å². The van der Waals surface area contributed by atoms with Crippen LogP contribution in [0.25, 0.3) is 27.4 Å². The Morgan fingerprint density at radius 3 is 2.61 bits per heavy atom. The van der Waals surface area contributed by atoms with Gasteiger partial charge in [-0.1, -0.05) is 35.3 Å². The molecular weight excluding hydrogens is 401 g/mol. The van der Waals surface area contributed by atoms with Gasteiger partial charge < -0.3 is 14.8 Å². The van der Waals surface area contributed by atoms with Crippen LogP contribution in [0.15, 0.2) is 41.2 Å². The molecule has 0 aliphatic heterocycles. The lowest BCUT2D eigenvalue weighted by atomic mass is 9.91. The van der Waals surface area contributed by atoms with Crippen LogP contribution in [0.4, 0.5) is 0 Å². The number of carbonyl (C=O) groups is 1. The van der Waals surface area contributed by atoms with Crippen LogP contribution in [0.1, 0.15) is 24.8 Å². The third kappa shape index (κ3) is 3.20. The first-order valence-corrected chi connectivity index (χ1v) is 9.66. The van der Waals surface area contributed by atoms with Gasteiger partial charge in [0.2, 0.25) is 0 Å². The van der Waals surface area contributed by atoms with E-state index >= 15 is 0 Å². The molecule has 1 aliphatic rings. The molecule has 0 saturated heterocycles. The van der Waals surface area contributed by atoms with Gasteiger partial charge in [0, 0.05) is 10.8 Å². The third-order valence-electron chi connectivity index (χ3n) is 5.16. The summed E-state index contributed by atoms with van der Waals surface area (Å²) < 4.78 is 1.53. The summed E-state index contributed by atoms with van der Waals surface area (Å²) in [4.78, 5) is 24.6. The topological polar surface area (TPSA) is 79.5 Å². The summed E-state index contributed by atoms with van der Waals surface area (Å²) in [6, 6.07) is 8.51. The number of aliphatic carboxylic acids is 1. The van der Waals surface area contributed by atoms with Crippen LogP contribution >= 0.6 is 23.2 Å². The number of carboxylic acids is 1. The average Bonchev–Trinajstić information content (AvgIpc) is 2.67. The first-order valence-electron chi connectivity index (χ1n) is 8.90. The summed E-state index contributed by atoms with van der Waals surface area (Å²) in [5.41, 5.74) is 2.56. The Morgan fingerprint density at radius 2 is 1.93 bits per heavy atom. The van der Waals surface area contributed by atoms with Gasteiger partial charge >= 0.3 is 5.97 Å². The largest absolute Gasteiger partial charge is 0.480 e. The molecular formula is C21H17Cl2NO4. The molecule has 0 amide bonds. The third-order valence-corrected chi connectivity index (χ3v) is 5.96. The number of fused-ring (bicyclic) bond motifs is 2. The van der Waals surface area contributed by atoms with Crippen LogP contribution in [0.3, 0.4) is 0 Å². The molecule has 0 fully saturated rings. The van der Waals surface area contributed by atoms with Crippen molar-refractivity contribution in [3.63, 3.8) is 0 Å². The highest BCUT2D eigenvalue weighted by molar-refractivity contribution is 6.45. The first-order chi connectivity index (χ1) is 13.4. The van der Waals surface area contributed by atoms with Gasteiger partial charge in [0.1, 0.15) is 6.54 Å². The van der Waals surface area contributed by atoms with Crippen LogP contribution < -0.4 is 5.43 Å². The number of halogens is 2. The zero-order chi connectivity index (χ0) is 20.0. The highest BCUT2D eigenvalue weighted by Gasteiger charge is 2.19. The highest BCUT2D eigenvalue weighted by atomic mass is 35.5. The Hall–Kier alpha value is -2.34. The van der Waals surface area contributed by atoms with Crippen LogP contribution in [0, 0.1) is 0 Å². The van der Waals surface area contributed by atoms with Crippen molar-refractivity contribution in [2.45, 2.75) is 31.9 Å². The van der Waals surface area contributed by atoms with Crippen molar-refractivity contribution < 1.29 is 15.0 Å². The second kappa shape index (κ2) is 7.24. The van der Waals surface area contributed by atoms with E-state index in [1.807, 2.05) is 18.2 Å². The lowest BCUT2D eigenvalue weighted by molar-refractivity contribution is -0.137. The fourth-order valence-corrected chi connectivity index (χ4v) is 4.20. The molecule has 1 atom stereocenters. The number of nitrogens with zero attached hydrogens (tertiary/aromatic N) is 1. The molecule has 0 radical (unpaired) electrons. The van der Waals surface area contributed by atoms with E-state index in [0.29, 0.717) is 34.6 Å². The Balaban J connectivity index is 2.07. The smallest absolute Gasteiger partial charge is 0.323 e. The molecule has 7 heteroatoms. The molecule has 2 N–H and O–H groups in total. The van der Waals surface area contributed by atoms with Crippen molar-refractivity contribution in [1.29, 1.82) is 0 Å². The monoisotopic (exact) mass is 417 g/mol. The van der Waals surface area contributed by atoms with Crippen molar-refractivity contribution in [1.82, 2.24) is 4.57 Å². The van der Waals surface area contributed by atoms with Crippen LogP contribution in [-0.4, -0.2) is 26.9 Å². The van der Waals surface area contributed by atoms with E-state index in [2.05, 4.69) is 0 Å². The van der Waals surface area contributed by atoms with Crippen molar-refractivity contribution in [2.24, 2.45) is 0 Å². The van der Waals surface area contributed by atoms with Gasteiger partial charge in [0.15, 0.2) is 5.43 Å². The SMILES string of the molecule is O=C(O)Cn1c2cc(C3=CCC(O)CC3)ccc2c(=O)c2ccc(Cl)c(Cl)c21. The number of benzene rings is 2. The van der Waals surface area contributed by atoms with E-state index < -0.39 is 5.97 Å². The molecule has 1 aromatic heterocycles. The molecule has 1 heterocycles. The Bertz CT molecular complexity index is 1210. The van der Waals surface area contributed by atoms with Crippen molar-refractivity contribution in [3.8, 4) is 0 Å².